The van der Waals surface area contributed by atoms with Gasteiger partial charge in [-0.25, -0.2) is 0 Å². The first kappa shape index (κ1) is 20.3. The third-order valence-corrected chi connectivity index (χ3v) is 6.26. The molecule has 1 saturated carbocycles. The molecule has 1 aliphatic carbocycles. The second-order valence-corrected chi connectivity index (χ2v) is 8.57. The summed E-state index contributed by atoms with van der Waals surface area (Å²) in [6.45, 7) is 11.5. The van der Waals surface area contributed by atoms with E-state index in [0.29, 0.717) is 11.9 Å². The van der Waals surface area contributed by atoms with Crippen molar-refractivity contribution in [3.8, 4) is 0 Å². The van der Waals surface area contributed by atoms with Crippen molar-refractivity contribution >= 4 is 11.6 Å². The van der Waals surface area contributed by atoms with Crippen LogP contribution in [0.15, 0.2) is 18.2 Å². The van der Waals surface area contributed by atoms with Gasteiger partial charge in [-0.3, -0.25) is 9.69 Å². The molecule has 2 aliphatic rings. The SMILES string of the molecule is Cc1cccc2c1N(C(=O)C1CCCCC1)CCCN(C(C)C)CCNC2. The molecule has 3 rings (SSSR count). The van der Waals surface area contributed by atoms with Gasteiger partial charge in [0.15, 0.2) is 0 Å². The minimum atomic E-state index is 0.213. The number of anilines is 1. The number of para-hydroxylation sites is 1. The fourth-order valence-corrected chi connectivity index (χ4v) is 4.66. The number of aryl methyl sites for hydroxylation is 1. The Balaban J connectivity index is 1.88. The van der Waals surface area contributed by atoms with Gasteiger partial charge in [0.05, 0.1) is 5.69 Å². The van der Waals surface area contributed by atoms with Gasteiger partial charge in [-0.05, 0) is 51.2 Å². The standard InChI is InChI=1S/C23H37N3O/c1-18(2)25-14-8-15-26(23(27)20-10-5-4-6-11-20)22-19(3)9-7-12-21(22)17-24-13-16-25/h7,9,12,18,20,24H,4-6,8,10-11,13-17H2,1-3H3. The summed E-state index contributed by atoms with van der Waals surface area (Å²) in [5.41, 5.74) is 3.65. The normalized spacial score (nSPS) is 21.0. The fourth-order valence-electron chi connectivity index (χ4n) is 4.66. The zero-order valence-corrected chi connectivity index (χ0v) is 17.5. The van der Waals surface area contributed by atoms with Gasteiger partial charge < -0.3 is 10.2 Å². The van der Waals surface area contributed by atoms with E-state index in [-0.39, 0.29) is 5.92 Å². The lowest BCUT2D eigenvalue weighted by Crippen LogP contribution is -2.41. The topological polar surface area (TPSA) is 35.6 Å². The summed E-state index contributed by atoms with van der Waals surface area (Å²) in [4.78, 5) is 18.2. The van der Waals surface area contributed by atoms with Crippen molar-refractivity contribution in [2.45, 2.75) is 71.9 Å². The Morgan fingerprint density at radius 3 is 2.59 bits per heavy atom. The van der Waals surface area contributed by atoms with Crippen LogP contribution in [-0.2, 0) is 11.3 Å². The lowest BCUT2D eigenvalue weighted by molar-refractivity contribution is -0.123. The zero-order chi connectivity index (χ0) is 19.2. The van der Waals surface area contributed by atoms with Crippen molar-refractivity contribution in [2.75, 3.05) is 31.1 Å². The first-order valence-electron chi connectivity index (χ1n) is 10.9. The fraction of sp³-hybridized carbons (Fsp3) is 0.696. The van der Waals surface area contributed by atoms with Crippen molar-refractivity contribution in [2.24, 2.45) is 5.92 Å². The quantitative estimate of drug-likeness (QED) is 0.850. The average Bonchev–Trinajstić information content (AvgIpc) is 2.71. The summed E-state index contributed by atoms with van der Waals surface area (Å²) in [5, 5.41) is 3.61. The molecular weight excluding hydrogens is 334 g/mol. The second-order valence-electron chi connectivity index (χ2n) is 8.57. The van der Waals surface area contributed by atoms with Crippen LogP contribution in [0.5, 0.6) is 0 Å². The summed E-state index contributed by atoms with van der Waals surface area (Å²) in [5.74, 6) is 0.575. The van der Waals surface area contributed by atoms with Gasteiger partial charge >= 0.3 is 0 Å². The molecule has 27 heavy (non-hydrogen) atoms. The summed E-state index contributed by atoms with van der Waals surface area (Å²) < 4.78 is 0. The number of amides is 1. The highest BCUT2D eigenvalue weighted by Crippen LogP contribution is 2.31. The van der Waals surface area contributed by atoms with Crippen molar-refractivity contribution in [1.29, 1.82) is 0 Å². The number of hydrogen-bond acceptors (Lipinski definition) is 3. The van der Waals surface area contributed by atoms with Crippen LogP contribution in [0.4, 0.5) is 5.69 Å². The molecule has 1 heterocycles. The van der Waals surface area contributed by atoms with Crippen LogP contribution in [0.25, 0.3) is 0 Å². The molecule has 0 atom stereocenters. The van der Waals surface area contributed by atoms with E-state index in [4.69, 9.17) is 0 Å². The molecule has 1 N–H and O–H groups in total. The maximum Gasteiger partial charge on any atom is 0.230 e. The molecule has 0 unspecified atom stereocenters. The van der Waals surface area contributed by atoms with Crippen molar-refractivity contribution in [1.82, 2.24) is 10.2 Å². The number of benzene rings is 1. The lowest BCUT2D eigenvalue weighted by Gasteiger charge is -2.32. The molecule has 1 aromatic carbocycles. The summed E-state index contributed by atoms with van der Waals surface area (Å²) in [7, 11) is 0. The number of nitrogens with zero attached hydrogens (tertiary/aromatic N) is 2. The van der Waals surface area contributed by atoms with Crippen molar-refractivity contribution in [3.05, 3.63) is 29.3 Å². The Kier molecular flexibility index (Phi) is 7.31. The van der Waals surface area contributed by atoms with E-state index in [1.165, 1.54) is 36.1 Å². The minimum Gasteiger partial charge on any atom is -0.312 e. The maximum atomic E-state index is 13.5. The van der Waals surface area contributed by atoms with Crippen molar-refractivity contribution in [3.63, 3.8) is 0 Å². The van der Waals surface area contributed by atoms with Gasteiger partial charge in [0, 0.05) is 44.7 Å². The highest BCUT2D eigenvalue weighted by atomic mass is 16.2. The lowest BCUT2D eigenvalue weighted by atomic mass is 9.87. The van der Waals surface area contributed by atoms with E-state index in [0.717, 1.165) is 52.0 Å². The minimum absolute atomic E-state index is 0.213. The summed E-state index contributed by atoms with van der Waals surface area (Å²) in [6, 6.07) is 7.01. The van der Waals surface area contributed by atoms with Gasteiger partial charge in [-0.15, -0.1) is 0 Å². The Labute approximate surface area is 165 Å². The van der Waals surface area contributed by atoms with E-state index in [1.807, 2.05) is 0 Å². The van der Waals surface area contributed by atoms with Crippen LogP contribution in [0, 0.1) is 12.8 Å². The van der Waals surface area contributed by atoms with E-state index in [2.05, 4.69) is 54.1 Å². The van der Waals surface area contributed by atoms with Gasteiger partial charge in [0.2, 0.25) is 5.91 Å². The van der Waals surface area contributed by atoms with Crippen LogP contribution in [-0.4, -0.2) is 43.0 Å². The summed E-state index contributed by atoms with van der Waals surface area (Å²) >= 11 is 0. The molecule has 150 valence electrons. The van der Waals surface area contributed by atoms with Crippen LogP contribution in [0.3, 0.4) is 0 Å². The van der Waals surface area contributed by atoms with Gasteiger partial charge in [-0.1, -0.05) is 37.5 Å². The molecule has 0 aromatic heterocycles. The van der Waals surface area contributed by atoms with E-state index in [9.17, 15) is 4.79 Å². The monoisotopic (exact) mass is 371 g/mol. The van der Waals surface area contributed by atoms with Crippen molar-refractivity contribution < 1.29 is 4.79 Å². The molecule has 0 saturated heterocycles. The number of nitrogens with one attached hydrogen (secondary N) is 1. The van der Waals surface area contributed by atoms with Crippen LogP contribution in [0.2, 0.25) is 0 Å². The Hall–Kier alpha value is -1.39. The van der Waals surface area contributed by atoms with Crippen LogP contribution in [0.1, 0.15) is 63.5 Å². The molecule has 0 bridgehead atoms. The predicted molar refractivity (Wildman–Crippen MR) is 113 cm³/mol. The number of hydrogen-bond donors (Lipinski definition) is 1. The largest absolute Gasteiger partial charge is 0.312 e. The molecule has 1 aliphatic heterocycles. The third-order valence-electron chi connectivity index (χ3n) is 6.26. The molecule has 0 spiro atoms. The molecule has 0 radical (unpaired) electrons. The Morgan fingerprint density at radius 2 is 1.85 bits per heavy atom. The third kappa shape index (κ3) is 5.11. The van der Waals surface area contributed by atoms with Crippen LogP contribution >= 0.6 is 0 Å². The highest BCUT2D eigenvalue weighted by molar-refractivity contribution is 5.96. The number of fused-ring (bicyclic) bond motifs is 1. The first-order valence-corrected chi connectivity index (χ1v) is 10.9. The van der Waals surface area contributed by atoms with Crippen LogP contribution < -0.4 is 10.2 Å². The van der Waals surface area contributed by atoms with Gasteiger partial charge in [0.25, 0.3) is 0 Å². The molecular formula is C23H37N3O. The number of carbonyl (C=O) groups is 1. The predicted octanol–water partition coefficient (Wildman–Crippen LogP) is 4.11. The number of rotatable bonds is 2. The maximum absolute atomic E-state index is 13.5. The molecule has 1 aromatic rings. The molecule has 4 nitrogen and oxygen atoms in total. The Bertz CT molecular complexity index is 622. The van der Waals surface area contributed by atoms with Gasteiger partial charge in [0.1, 0.15) is 0 Å². The molecule has 1 amide bonds. The van der Waals surface area contributed by atoms with E-state index in [1.54, 1.807) is 0 Å². The number of carbonyl (C=O) groups excluding carboxylic acids is 1. The highest BCUT2D eigenvalue weighted by Gasteiger charge is 2.29. The first-order chi connectivity index (χ1) is 13.1. The van der Waals surface area contributed by atoms with Gasteiger partial charge in [-0.2, -0.15) is 0 Å². The summed E-state index contributed by atoms with van der Waals surface area (Å²) in [6.07, 6.45) is 6.85. The molecule has 4 heteroatoms. The molecule has 1 fully saturated rings. The van der Waals surface area contributed by atoms with E-state index >= 15 is 0 Å². The zero-order valence-electron chi connectivity index (χ0n) is 17.5. The Morgan fingerprint density at radius 1 is 1.07 bits per heavy atom. The second kappa shape index (κ2) is 9.70. The smallest absolute Gasteiger partial charge is 0.230 e. The average molecular weight is 372 g/mol. The van der Waals surface area contributed by atoms with E-state index < -0.39 is 0 Å².